The smallest absolute Gasteiger partial charge is 0.313 e. The van der Waals surface area contributed by atoms with Crippen molar-refractivity contribution in [1.82, 2.24) is 10.3 Å². The quantitative estimate of drug-likeness (QED) is 0.343. The highest BCUT2D eigenvalue weighted by Crippen LogP contribution is 2.28. The topological polar surface area (TPSA) is 126 Å². The van der Waals surface area contributed by atoms with Gasteiger partial charge in [-0.05, 0) is 24.1 Å². The molecule has 1 heterocycles. The number of ether oxygens (including phenoxy) is 1. The molecule has 0 saturated heterocycles. The number of nitro benzene ring substituents is 1. The summed E-state index contributed by atoms with van der Waals surface area (Å²) in [6.07, 6.45) is 2.41. The van der Waals surface area contributed by atoms with Crippen molar-refractivity contribution in [3.63, 3.8) is 0 Å². The summed E-state index contributed by atoms with van der Waals surface area (Å²) in [5, 5.41) is 16.8. The Morgan fingerprint density at radius 2 is 1.96 bits per heavy atom. The van der Waals surface area contributed by atoms with E-state index in [4.69, 9.17) is 4.74 Å². The molecule has 3 N–H and O–H groups in total. The van der Waals surface area contributed by atoms with Gasteiger partial charge in [-0.2, -0.15) is 0 Å². The van der Waals surface area contributed by atoms with Gasteiger partial charge in [-0.25, -0.2) is 0 Å². The standard InChI is InChI=1S/C19H18N4O5/c1-28-17-7-6-13(23(26)27)10-16(17)22-19(25)18(24)20-9-8-12-11-21-15-5-3-2-4-14(12)15/h2-7,10-11,21H,8-9H2,1H3,(H,20,24)(H,22,25). The second kappa shape index (κ2) is 8.21. The summed E-state index contributed by atoms with van der Waals surface area (Å²) in [6.45, 7) is 0.264. The molecule has 0 aliphatic heterocycles. The zero-order chi connectivity index (χ0) is 20.1. The average Bonchev–Trinajstić information content (AvgIpc) is 3.11. The number of nitro groups is 1. The minimum absolute atomic E-state index is 0.0495. The van der Waals surface area contributed by atoms with E-state index in [0.717, 1.165) is 22.5 Å². The number of methoxy groups -OCH3 is 1. The number of nitrogens with one attached hydrogen (secondary N) is 3. The van der Waals surface area contributed by atoms with Crippen molar-refractivity contribution in [2.45, 2.75) is 6.42 Å². The molecule has 0 saturated carbocycles. The van der Waals surface area contributed by atoms with Gasteiger partial charge in [-0.3, -0.25) is 19.7 Å². The number of nitrogens with zero attached hydrogens (tertiary/aromatic N) is 1. The Bertz CT molecular complexity index is 1040. The zero-order valence-corrected chi connectivity index (χ0v) is 15.0. The van der Waals surface area contributed by atoms with Crippen LogP contribution in [0, 0.1) is 10.1 Å². The molecule has 3 rings (SSSR count). The Balaban J connectivity index is 1.60. The molecule has 0 aliphatic rings. The van der Waals surface area contributed by atoms with Crippen molar-refractivity contribution in [1.29, 1.82) is 0 Å². The van der Waals surface area contributed by atoms with E-state index in [1.54, 1.807) is 0 Å². The number of fused-ring (bicyclic) bond motifs is 1. The first kappa shape index (κ1) is 18.9. The molecule has 3 aromatic rings. The van der Waals surface area contributed by atoms with E-state index in [2.05, 4.69) is 15.6 Å². The van der Waals surface area contributed by atoms with Crippen molar-refractivity contribution in [2.75, 3.05) is 19.0 Å². The lowest BCUT2D eigenvalue weighted by atomic mass is 10.1. The molecule has 0 aliphatic carbocycles. The first-order valence-corrected chi connectivity index (χ1v) is 8.46. The van der Waals surface area contributed by atoms with E-state index in [1.807, 2.05) is 30.5 Å². The molecule has 0 atom stereocenters. The summed E-state index contributed by atoms with van der Waals surface area (Å²) < 4.78 is 5.06. The normalized spacial score (nSPS) is 10.5. The highest BCUT2D eigenvalue weighted by Gasteiger charge is 2.18. The van der Waals surface area contributed by atoms with Crippen LogP contribution in [0.4, 0.5) is 11.4 Å². The van der Waals surface area contributed by atoms with Crippen LogP contribution >= 0.6 is 0 Å². The number of H-pyrrole nitrogens is 1. The van der Waals surface area contributed by atoms with Crippen LogP contribution in [0.2, 0.25) is 0 Å². The Morgan fingerprint density at radius 3 is 2.71 bits per heavy atom. The van der Waals surface area contributed by atoms with E-state index >= 15 is 0 Å². The lowest BCUT2D eigenvalue weighted by Crippen LogP contribution is -2.36. The van der Waals surface area contributed by atoms with Crippen molar-refractivity contribution >= 4 is 34.1 Å². The summed E-state index contributed by atoms with van der Waals surface area (Å²) in [5.41, 5.74) is 1.85. The fourth-order valence-electron chi connectivity index (χ4n) is 2.82. The number of hydrogen-bond donors (Lipinski definition) is 3. The lowest BCUT2D eigenvalue weighted by Gasteiger charge is -2.10. The van der Waals surface area contributed by atoms with Gasteiger partial charge in [-0.15, -0.1) is 0 Å². The van der Waals surface area contributed by atoms with Gasteiger partial charge in [0.2, 0.25) is 0 Å². The minimum atomic E-state index is -0.933. The number of rotatable bonds is 6. The van der Waals surface area contributed by atoms with Crippen molar-refractivity contribution in [3.8, 4) is 5.75 Å². The SMILES string of the molecule is COc1ccc([N+](=O)[O-])cc1NC(=O)C(=O)NCCc1c[nH]c2ccccc12. The summed E-state index contributed by atoms with van der Waals surface area (Å²) in [7, 11) is 1.36. The summed E-state index contributed by atoms with van der Waals surface area (Å²) >= 11 is 0. The molecule has 0 bridgehead atoms. The van der Waals surface area contributed by atoms with Gasteiger partial charge in [0.15, 0.2) is 0 Å². The van der Waals surface area contributed by atoms with Crippen LogP contribution < -0.4 is 15.4 Å². The predicted octanol–water partition coefficient (Wildman–Crippen LogP) is 2.38. The number of amides is 2. The Labute approximate surface area is 159 Å². The number of benzene rings is 2. The fourth-order valence-corrected chi connectivity index (χ4v) is 2.82. The van der Waals surface area contributed by atoms with Crippen LogP contribution in [0.5, 0.6) is 5.75 Å². The van der Waals surface area contributed by atoms with Crippen LogP contribution in [-0.2, 0) is 16.0 Å². The van der Waals surface area contributed by atoms with Crippen LogP contribution in [-0.4, -0.2) is 35.4 Å². The number of aromatic amines is 1. The third-order valence-corrected chi connectivity index (χ3v) is 4.20. The molecule has 1 aromatic heterocycles. The Kier molecular flexibility index (Phi) is 5.54. The minimum Gasteiger partial charge on any atom is -0.495 e. The number of anilines is 1. The number of carbonyl (C=O) groups is 2. The molecule has 0 radical (unpaired) electrons. The van der Waals surface area contributed by atoms with E-state index < -0.39 is 16.7 Å². The first-order chi connectivity index (χ1) is 13.5. The second-order valence-electron chi connectivity index (χ2n) is 5.96. The summed E-state index contributed by atoms with van der Waals surface area (Å²) in [6, 6.07) is 11.5. The summed E-state index contributed by atoms with van der Waals surface area (Å²) in [4.78, 5) is 37.6. The molecule has 9 nitrogen and oxygen atoms in total. The largest absolute Gasteiger partial charge is 0.495 e. The van der Waals surface area contributed by atoms with Gasteiger partial charge in [0, 0.05) is 35.8 Å². The van der Waals surface area contributed by atoms with Crippen molar-refractivity contribution in [3.05, 3.63) is 64.3 Å². The molecular formula is C19H18N4O5. The molecule has 0 fully saturated rings. The molecular weight excluding hydrogens is 364 g/mol. The maximum atomic E-state index is 12.1. The maximum Gasteiger partial charge on any atom is 0.313 e. The molecule has 0 unspecified atom stereocenters. The van der Waals surface area contributed by atoms with Crippen LogP contribution in [0.15, 0.2) is 48.7 Å². The van der Waals surface area contributed by atoms with Gasteiger partial charge in [0.25, 0.3) is 5.69 Å². The molecule has 2 amide bonds. The third kappa shape index (κ3) is 4.09. The Morgan fingerprint density at radius 1 is 1.18 bits per heavy atom. The first-order valence-electron chi connectivity index (χ1n) is 8.46. The Hall–Kier alpha value is -3.88. The second-order valence-corrected chi connectivity index (χ2v) is 5.96. The van der Waals surface area contributed by atoms with Gasteiger partial charge >= 0.3 is 11.8 Å². The van der Waals surface area contributed by atoms with Crippen molar-refractivity contribution < 1.29 is 19.2 Å². The van der Waals surface area contributed by atoms with Crippen LogP contribution in [0.1, 0.15) is 5.56 Å². The number of hydrogen-bond acceptors (Lipinski definition) is 5. The number of carbonyl (C=O) groups excluding carboxylic acids is 2. The van der Waals surface area contributed by atoms with Crippen molar-refractivity contribution in [2.24, 2.45) is 0 Å². The number of aromatic nitrogens is 1. The number of non-ortho nitro benzene ring substituents is 1. The van der Waals surface area contributed by atoms with Gasteiger partial charge in [0.05, 0.1) is 17.7 Å². The maximum absolute atomic E-state index is 12.1. The van der Waals surface area contributed by atoms with Gasteiger partial charge < -0.3 is 20.4 Å². The lowest BCUT2D eigenvalue weighted by molar-refractivity contribution is -0.384. The monoisotopic (exact) mass is 382 g/mol. The van der Waals surface area contributed by atoms with E-state index in [-0.39, 0.29) is 23.7 Å². The van der Waals surface area contributed by atoms with Crippen LogP contribution in [0.25, 0.3) is 10.9 Å². The van der Waals surface area contributed by atoms with E-state index in [0.29, 0.717) is 6.42 Å². The van der Waals surface area contributed by atoms with E-state index in [9.17, 15) is 19.7 Å². The highest BCUT2D eigenvalue weighted by molar-refractivity contribution is 6.39. The van der Waals surface area contributed by atoms with Gasteiger partial charge in [0.1, 0.15) is 5.75 Å². The molecule has 28 heavy (non-hydrogen) atoms. The predicted molar refractivity (Wildman–Crippen MR) is 103 cm³/mol. The van der Waals surface area contributed by atoms with Crippen LogP contribution in [0.3, 0.4) is 0 Å². The summed E-state index contributed by atoms with van der Waals surface area (Å²) in [5.74, 6) is -1.56. The molecule has 2 aromatic carbocycles. The zero-order valence-electron chi connectivity index (χ0n) is 15.0. The van der Waals surface area contributed by atoms with Gasteiger partial charge in [-0.1, -0.05) is 18.2 Å². The average molecular weight is 382 g/mol. The highest BCUT2D eigenvalue weighted by atomic mass is 16.6. The fraction of sp³-hybridized carbons (Fsp3) is 0.158. The third-order valence-electron chi connectivity index (χ3n) is 4.20. The van der Waals surface area contributed by atoms with E-state index in [1.165, 1.54) is 19.2 Å². The molecule has 0 spiro atoms. The molecule has 144 valence electrons. The molecule has 9 heteroatoms. The number of para-hydroxylation sites is 1.